The first-order valence-electron chi connectivity index (χ1n) is 18.6. The lowest BCUT2D eigenvalue weighted by molar-refractivity contribution is 0.0859. The fraction of sp³-hybridized carbons (Fsp3) is 0.366. The number of fused-ring (bicyclic) bond motifs is 1. The highest BCUT2D eigenvalue weighted by molar-refractivity contribution is 7.70. The van der Waals surface area contributed by atoms with Crippen LogP contribution in [0.15, 0.2) is 72.9 Å². The highest BCUT2D eigenvalue weighted by Gasteiger charge is 2.28. The molecule has 4 heterocycles. The van der Waals surface area contributed by atoms with Gasteiger partial charge in [0.05, 0.1) is 24.7 Å². The number of anilines is 5. The summed E-state index contributed by atoms with van der Waals surface area (Å²) in [6.45, 7) is 11.6. The zero-order chi connectivity index (χ0) is 37.7. The van der Waals surface area contributed by atoms with Crippen LogP contribution in [0.4, 0.5) is 28.8 Å². The van der Waals surface area contributed by atoms with Crippen LogP contribution in [0.1, 0.15) is 36.0 Å². The summed E-state index contributed by atoms with van der Waals surface area (Å²) in [5, 5.41) is 10.8. The predicted molar refractivity (Wildman–Crippen MR) is 221 cm³/mol. The third-order valence-electron chi connectivity index (χ3n) is 10.6. The van der Waals surface area contributed by atoms with Gasteiger partial charge in [-0.05, 0) is 68.0 Å². The van der Waals surface area contributed by atoms with Crippen molar-refractivity contribution in [1.82, 2.24) is 25.1 Å². The lowest BCUT2D eigenvalue weighted by Gasteiger charge is -2.43. The van der Waals surface area contributed by atoms with Gasteiger partial charge in [0.1, 0.15) is 23.6 Å². The van der Waals surface area contributed by atoms with Crippen molar-refractivity contribution in [3.05, 3.63) is 94.6 Å². The molecule has 3 aliphatic rings. The van der Waals surface area contributed by atoms with Crippen LogP contribution in [-0.4, -0.2) is 98.0 Å². The molecule has 0 unspecified atom stereocenters. The van der Waals surface area contributed by atoms with Gasteiger partial charge < -0.3 is 35.1 Å². The van der Waals surface area contributed by atoms with E-state index in [2.05, 4.69) is 71.0 Å². The standard InChI is InChI=1S/C41H48ClN8O3P/c1-53-38-25-31(14-15-35(38)46-41-44-27-34(42)40(47-41)45-36-12-4-5-13-39(36)54(2,3)52)49-19-16-30(17-20-49)50-23-21-48(22-24-50)18-7-6-9-29-10-8-11-32-33(29)26-43-37(32)28-51/h4-6,8-15,25,27,30,43H,7,16-24,26H2,1-3H3,(H2,44,45,46,47). The first-order valence-corrected chi connectivity index (χ1v) is 21.6. The molecule has 0 spiro atoms. The van der Waals surface area contributed by atoms with Gasteiger partial charge in [-0.25, -0.2) is 9.78 Å². The Balaban J connectivity index is 0.890. The van der Waals surface area contributed by atoms with E-state index in [9.17, 15) is 9.36 Å². The summed E-state index contributed by atoms with van der Waals surface area (Å²) in [7, 11) is -0.862. The van der Waals surface area contributed by atoms with Crippen LogP contribution in [0.3, 0.4) is 0 Å². The molecule has 11 nitrogen and oxygen atoms in total. The van der Waals surface area contributed by atoms with Gasteiger partial charge in [0, 0.05) is 81.0 Å². The quantitative estimate of drug-likeness (QED) is 0.104. The number of nitrogens with one attached hydrogen (secondary N) is 3. The minimum Gasteiger partial charge on any atom is -0.494 e. The molecule has 0 radical (unpaired) electrons. The van der Waals surface area contributed by atoms with Crippen molar-refractivity contribution in [2.24, 2.45) is 0 Å². The molecule has 282 valence electrons. The molecular weight excluding hydrogens is 719 g/mol. The average molecular weight is 767 g/mol. The number of piperazine rings is 1. The zero-order valence-corrected chi connectivity index (χ0v) is 32.8. The maximum absolute atomic E-state index is 12.9. The van der Waals surface area contributed by atoms with Gasteiger partial charge in [0.15, 0.2) is 11.8 Å². The summed E-state index contributed by atoms with van der Waals surface area (Å²) in [4.78, 5) is 27.9. The van der Waals surface area contributed by atoms with Crippen molar-refractivity contribution in [3.8, 4) is 5.75 Å². The third kappa shape index (κ3) is 8.67. The molecule has 1 aromatic heterocycles. The monoisotopic (exact) mass is 766 g/mol. The summed E-state index contributed by atoms with van der Waals surface area (Å²) < 4.78 is 18.7. The summed E-state index contributed by atoms with van der Waals surface area (Å²) in [6.07, 6.45) is 9.27. The minimum atomic E-state index is -2.53. The molecule has 0 amide bonds. The van der Waals surface area contributed by atoms with Gasteiger partial charge >= 0.3 is 0 Å². The molecule has 7 rings (SSSR count). The molecule has 0 bridgehead atoms. The van der Waals surface area contributed by atoms with Crippen LogP contribution < -0.4 is 30.9 Å². The Bertz CT molecular complexity index is 2100. The number of aromatic nitrogens is 2. The van der Waals surface area contributed by atoms with Crippen molar-refractivity contribution in [3.63, 3.8) is 0 Å². The van der Waals surface area contributed by atoms with E-state index < -0.39 is 7.14 Å². The van der Waals surface area contributed by atoms with Crippen molar-refractivity contribution < 1.29 is 14.1 Å². The number of carbonyl (C=O) groups excluding carboxylic acids is 1. The molecule has 0 saturated carbocycles. The second-order valence-corrected chi connectivity index (χ2v) is 18.0. The van der Waals surface area contributed by atoms with Crippen LogP contribution in [0.2, 0.25) is 5.02 Å². The molecule has 13 heteroatoms. The van der Waals surface area contributed by atoms with Crippen molar-refractivity contribution >= 4 is 70.6 Å². The predicted octanol–water partition coefficient (Wildman–Crippen LogP) is 6.84. The molecule has 3 aliphatic heterocycles. The Labute approximate surface area is 322 Å². The molecular formula is C41H48ClN8O3P. The summed E-state index contributed by atoms with van der Waals surface area (Å²) in [6, 6.07) is 20.4. The molecule has 0 atom stereocenters. The SMILES string of the molecule is COc1cc(N2CCC(N3CCN(CCC=Cc4cccc5c4CNC5=C=O)CC3)CC2)ccc1Nc1ncc(Cl)c(Nc2ccccc2P(C)(C)=O)n1. The summed E-state index contributed by atoms with van der Waals surface area (Å²) >= 11 is 6.48. The number of piperidine rings is 1. The highest BCUT2D eigenvalue weighted by Crippen LogP contribution is 2.39. The van der Waals surface area contributed by atoms with Gasteiger partial charge in [-0.3, -0.25) is 4.90 Å². The van der Waals surface area contributed by atoms with Gasteiger partial charge in [-0.1, -0.05) is 54.1 Å². The lowest BCUT2D eigenvalue weighted by Crippen LogP contribution is -2.53. The largest absolute Gasteiger partial charge is 0.494 e. The van der Waals surface area contributed by atoms with Gasteiger partial charge in [-0.2, -0.15) is 4.98 Å². The van der Waals surface area contributed by atoms with E-state index in [1.807, 2.05) is 48.4 Å². The fourth-order valence-electron chi connectivity index (χ4n) is 7.66. The first kappa shape index (κ1) is 37.7. The van der Waals surface area contributed by atoms with Gasteiger partial charge in [-0.15, -0.1) is 0 Å². The maximum Gasteiger partial charge on any atom is 0.229 e. The molecule has 4 aromatic rings. The highest BCUT2D eigenvalue weighted by atomic mass is 35.5. The zero-order valence-electron chi connectivity index (χ0n) is 31.1. The van der Waals surface area contributed by atoms with E-state index in [1.54, 1.807) is 26.6 Å². The Kier molecular flexibility index (Phi) is 11.7. The molecule has 0 aliphatic carbocycles. The summed E-state index contributed by atoms with van der Waals surface area (Å²) in [5.74, 6) is 3.50. The van der Waals surface area contributed by atoms with Crippen molar-refractivity contribution in [1.29, 1.82) is 0 Å². The van der Waals surface area contributed by atoms with Crippen LogP contribution in [0.5, 0.6) is 5.75 Å². The van der Waals surface area contributed by atoms with Gasteiger partial charge in [0.2, 0.25) is 5.95 Å². The number of halogens is 1. The van der Waals surface area contributed by atoms with Crippen LogP contribution >= 0.6 is 18.7 Å². The van der Waals surface area contributed by atoms with Crippen LogP contribution in [0.25, 0.3) is 11.8 Å². The fourth-order valence-corrected chi connectivity index (χ4v) is 8.95. The number of para-hydroxylation sites is 1. The summed E-state index contributed by atoms with van der Waals surface area (Å²) in [5.41, 5.74) is 6.46. The van der Waals surface area contributed by atoms with Crippen molar-refractivity contribution in [2.45, 2.75) is 31.8 Å². The molecule has 2 saturated heterocycles. The van der Waals surface area contributed by atoms with E-state index in [0.29, 0.717) is 46.5 Å². The number of rotatable bonds is 12. The lowest BCUT2D eigenvalue weighted by atomic mass is 10.0. The first-order chi connectivity index (χ1) is 26.2. The minimum absolute atomic E-state index is 0.355. The van der Waals surface area contributed by atoms with Crippen molar-refractivity contribution in [2.75, 3.05) is 81.8 Å². The number of nitrogens with zero attached hydrogens (tertiary/aromatic N) is 5. The average Bonchev–Trinajstić information content (AvgIpc) is 3.62. The number of hydrogen-bond donors (Lipinski definition) is 3. The van der Waals surface area contributed by atoms with Gasteiger partial charge in [0.25, 0.3) is 0 Å². The van der Waals surface area contributed by atoms with Crippen LogP contribution in [-0.2, 0) is 15.9 Å². The van der Waals surface area contributed by atoms with E-state index in [4.69, 9.17) is 16.3 Å². The van der Waals surface area contributed by atoms with E-state index in [1.165, 1.54) is 11.1 Å². The Morgan fingerprint density at radius 1 is 1.00 bits per heavy atom. The second kappa shape index (κ2) is 16.8. The smallest absolute Gasteiger partial charge is 0.229 e. The third-order valence-corrected chi connectivity index (χ3v) is 12.4. The van der Waals surface area contributed by atoms with E-state index in [0.717, 1.165) is 87.3 Å². The van der Waals surface area contributed by atoms with E-state index in [-0.39, 0.29) is 0 Å². The molecule has 54 heavy (non-hydrogen) atoms. The second-order valence-electron chi connectivity index (χ2n) is 14.4. The topological polar surface area (TPSA) is 115 Å². The Hall–Kier alpha value is -4.63. The normalized spacial score (nSPS) is 17.0. The molecule has 3 aromatic carbocycles. The number of hydrogen-bond acceptors (Lipinski definition) is 11. The van der Waals surface area contributed by atoms with Crippen LogP contribution in [0, 0.1) is 0 Å². The Morgan fingerprint density at radius 3 is 2.56 bits per heavy atom. The Morgan fingerprint density at radius 2 is 1.80 bits per heavy atom. The number of ether oxygens (including phenoxy) is 1. The molecule has 3 N–H and O–H groups in total. The number of benzene rings is 3. The van der Waals surface area contributed by atoms with E-state index >= 15 is 0 Å². The number of methoxy groups -OCH3 is 1. The maximum atomic E-state index is 12.9. The molecule has 2 fully saturated rings.